The lowest BCUT2D eigenvalue weighted by Crippen LogP contribution is -2.37. The largest absolute Gasteiger partial charge is 0.393 e. The molecule has 0 bridgehead atoms. The van der Waals surface area contributed by atoms with Crippen LogP contribution in [0, 0.1) is 17.8 Å². The lowest BCUT2D eigenvalue weighted by molar-refractivity contribution is -0.0947. The molecule has 1 aromatic carbocycles. The fraction of sp³-hybridized carbons (Fsp3) is 0.667. The Labute approximate surface area is 165 Å². The van der Waals surface area contributed by atoms with Gasteiger partial charge in [-0.2, -0.15) is 0 Å². The molecule has 0 aliphatic carbocycles. The minimum Gasteiger partial charge on any atom is -0.393 e. The first-order valence-corrected chi connectivity index (χ1v) is 10.5. The third-order valence-electron chi connectivity index (χ3n) is 5.23. The van der Waals surface area contributed by atoms with E-state index in [1.165, 1.54) is 18.4 Å². The first kappa shape index (κ1) is 22.1. The van der Waals surface area contributed by atoms with Gasteiger partial charge in [0.25, 0.3) is 0 Å². The van der Waals surface area contributed by atoms with E-state index in [0.29, 0.717) is 19.8 Å². The zero-order valence-electron chi connectivity index (χ0n) is 17.6. The molecular weight excluding hydrogens is 336 g/mol. The van der Waals surface area contributed by atoms with Crippen molar-refractivity contribution < 1.29 is 14.6 Å². The topological polar surface area (TPSA) is 38.7 Å². The maximum atomic E-state index is 9.91. The van der Waals surface area contributed by atoms with Gasteiger partial charge >= 0.3 is 0 Å². The maximum Gasteiger partial charge on any atom is 0.119 e. The van der Waals surface area contributed by atoms with Gasteiger partial charge in [0.15, 0.2) is 0 Å². The molecule has 1 unspecified atom stereocenters. The minimum absolute atomic E-state index is 0.000542. The third kappa shape index (κ3) is 7.77. The average Bonchev–Trinajstić information content (AvgIpc) is 3.04. The fourth-order valence-electron chi connectivity index (χ4n) is 4.02. The molecule has 1 atom stereocenters. The van der Waals surface area contributed by atoms with Crippen molar-refractivity contribution >= 4 is 0 Å². The van der Waals surface area contributed by atoms with E-state index >= 15 is 0 Å². The Balaban J connectivity index is 1.86. The van der Waals surface area contributed by atoms with Gasteiger partial charge in [-0.1, -0.05) is 64.1 Å². The summed E-state index contributed by atoms with van der Waals surface area (Å²) in [5, 5.41) is 9.91. The van der Waals surface area contributed by atoms with Crippen LogP contribution in [-0.2, 0) is 16.1 Å². The van der Waals surface area contributed by atoms with Gasteiger partial charge in [-0.25, -0.2) is 0 Å². The average molecular weight is 375 g/mol. The van der Waals surface area contributed by atoms with Gasteiger partial charge < -0.3 is 14.6 Å². The standard InChI is InChI=1S/C24H38O3/c1-19(2)12-22(13-20(3)4)10-11-23-14-24(17-25,27-16-23)18-26-15-21-8-6-5-7-9-21/h5-9,11,19-20,22,25H,10,12-18H2,1-4H3/b23-11+. The van der Waals surface area contributed by atoms with Gasteiger partial charge in [0.1, 0.15) is 5.60 Å². The van der Waals surface area contributed by atoms with Crippen LogP contribution in [-0.4, -0.2) is 30.5 Å². The molecule has 0 amide bonds. The molecule has 0 spiro atoms. The number of hydrogen-bond acceptors (Lipinski definition) is 3. The molecule has 1 N–H and O–H groups in total. The zero-order valence-corrected chi connectivity index (χ0v) is 17.6. The molecule has 0 aromatic heterocycles. The van der Waals surface area contributed by atoms with Crippen LogP contribution >= 0.6 is 0 Å². The summed E-state index contributed by atoms with van der Waals surface area (Å²) in [5.74, 6) is 2.20. The highest BCUT2D eigenvalue weighted by atomic mass is 16.6. The fourth-order valence-corrected chi connectivity index (χ4v) is 4.02. The van der Waals surface area contributed by atoms with Crippen LogP contribution in [0.5, 0.6) is 0 Å². The highest BCUT2D eigenvalue weighted by Crippen LogP contribution is 2.32. The Kier molecular flexibility index (Phi) is 9.01. The van der Waals surface area contributed by atoms with Gasteiger partial charge in [0.05, 0.1) is 26.4 Å². The van der Waals surface area contributed by atoms with Crippen LogP contribution in [0.4, 0.5) is 0 Å². The van der Waals surface area contributed by atoms with Crippen LogP contribution in [0.1, 0.15) is 58.9 Å². The monoisotopic (exact) mass is 374 g/mol. The quantitative estimate of drug-likeness (QED) is 0.529. The Morgan fingerprint density at radius 3 is 2.37 bits per heavy atom. The molecule has 1 fully saturated rings. The van der Waals surface area contributed by atoms with Gasteiger partial charge in [-0.05, 0) is 48.2 Å². The van der Waals surface area contributed by atoms with Crippen molar-refractivity contribution in [3.05, 3.63) is 47.5 Å². The predicted octanol–water partition coefficient (Wildman–Crippen LogP) is 5.38. The van der Waals surface area contributed by atoms with Gasteiger partial charge in [-0.3, -0.25) is 0 Å². The van der Waals surface area contributed by atoms with Gasteiger partial charge in [0, 0.05) is 6.42 Å². The second-order valence-corrected chi connectivity index (χ2v) is 9.01. The van der Waals surface area contributed by atoms with Crippen molar-refractivity contribution in [1.29, 1.82) is 0 Å². The molecule has 152 valence electrons. The number of aliphatic hydroxyl groups excluding tert-OH is 1. The van der Waals surface area contributed by atoms with E-state index in [1.807, 2.05) is 18.2 Å². The van der Waals surface area contributed by atoms with Crippen molar-refractivity contribution in [3.8, 4) is 0 Å². The Morgan fingerprint density at radius 1 is 1.11 bits per heavy atom. The molecule has 27 heavy (non-hydrogen) atoms. The van der Waals surface area contributed by atoms with Crippen molar-refractivity contribution in [2.75, 3.05) is 19.8 Å². The van der Waals surface area contributed by atoms with Crippen molar-refractivity contribution in [2.45, 2.75) is 65.6 Å². The summed E-state index contributed by atoms with van der Waals surface area (Å²) in [6.45, 7) is 10.8. The third-order valence-corrected chi connectivity index (χ3v) is 5.23. The van der Waals surface area contributed by atoms with Crippen LogP contribution in [0.15, 0.2) is 42.0 Å². The number of aliphatic hydroxyl groups is 1. The molecule has 3 nitrogen and oxygen atoms in total. The van der Waals surface area contributed by atoms with Crippen LogP contribution in [0.3, 0.4) is 0 Å². The van der Waals surface area contributed by atoms with Crippen LogP contribution in [0.2, 0.25) is 0 Å². The van der Waals surface area contributed by atoms with Gasteiger partial charge in [0.2, 0.25) is 0 Å². The first-order valence-electron chi connectivity index (χ1n) is 10.5. The normalized spacial score (nSPS) is 21.9. The van der Waals surface area contributed by atoms with Crippen LogP contribution in [0.25, 0.3) is 0 Å². The molecule has 2 rings (SSSR count). The lowest BCUT2D eigenvalue weighted by atomic mass is 9.86. The van der Waals surface area contributed by atoms with E-state index in [9.17, 15) is 5.11 Å². The summed E-state index contributed by atoms with van der Waals surface area (Å²) >= 11 is 0. The Morgan fingerprint density at radius 2 is 1.78 bits per heavy atom. The summed E-state index contributed by atoms with van der Waals surface area (Å²) < 4.78 is 11.9. The highest BCUT2D eigenvalue weighted by Gasteiger charge is 2.37. The van der Waals surface area contributed by atoms with Crippen molar-refractivity contribution in [2.24, 2.45) is 17.8 Å². The SMILES string of the molecule is CC(C)CC(C/C=C1/COC(CO)(COCc2ccccc2)C1)CC(C)C. The molecule has 1 aliphatic heterocycles. The molecule has 1 aliphatic rings. The molecule has 1 aromatic rings. The molecule has 1 saturated heterocycles. The summed E-state index contributed by atoms with van der Waals surface area (Å²) in [6, 6.07) is 10.1. The predicted molar refractivity (Wildman–Crippen MR) is 112 cm³/mol. The number of hydrogen-bond donors (Lipinski definition) is 1. The van der Waals surface area contributed by atoms with E-state index in [-0.39, 0.29) is 6.61 Å². The summed E-state index contributed by atoms with van der Waals surface area (Å²) in [7, 11) is 0. The van der Waals surface area contributed by atoms with E-state index in [4.69, 9.17) is 9.47 Å². The second kappa shape index (κ2) is 11.0. The first-order chi connectivity index (χ1) is 12.9. The summed E-state index contributed by atoms with van der Waals surface area (Å²) in [6.07, 6.45) is 6.79. The Bertz CT molecular complexity index is 554. The number of rotatable bonds is 11. The highest BCUT2D eigenvalue weighted by molar-refractivity contribution is 5.15. The molecule has 0 saturated carbocycles. The zero-order chi connectivity index (χ0) is 19.7. The molecule has 3 heteroatoms. The summed E-state index contributed by atoms with van der Waals surface area (Å²) in [5.41, 5.74) is 1.88. The number of ether oxygens (including phenoxy) is 2. The Hall–Kier alpha value is -1.16. The molecular formula is C24H38O3. The van der Waals surface area contributed by atoms with E-state index < -0.39 is 5.60 Å². The number of benzene rings is 1. The van der Waals surface area contributed by atoms with E-state index in [1.54, 1.807) is 0 Å². The summed E-state index contributed by atoms with van der Waals surface area (Å²) in [4.78, 5) is 0. The maximum absolute atomic E-state index is 9.91. The number of allylic oxidation sites excluding steroid dienone is 1. The molecule has 1 heterocycles. The second-order valence-electron chi connectivity index (χ2n) is 9.01. The smallest absolute Gasteiger partial charge is 0.119 e. The van der Waals surface area contributed by atoms with Crippen molar-refractivity contribution in [1.82, 2.24) is 0 Å². The lowest BCUT2D eigenvalue weighted by Gasteiger charge is -2.25. The minimum atomic E-state index is -0.577. The van der Waals surface area contributed by atoms with E-state index in [2.05, 4.69) is 45.9 Å². The molecule has 0 radical (unpaired) electrons. The van der Waals surface area contributed by atoms with Gasteiger partial charge in [-0.15, -0.1) is 0 Å². The van der Waals surface area contributed by atoms with Crippen LogP contribution < -0.4 is 0 Å². The van der Waals surface area contributed by atoms with E-state index in [0.717, 1.165) is 36.2 Å². The van der Waals surface area contributed by atoms with Crippen molar-refractivity contribution in [3.63, 3.8) is 0 Å².